The summed E-state index contributed by atoms with van der Waals surface area (Å²) >= 11 is 5.38. The van der Waals surface area contributed by atoms with Crippen molar-refractivity contribution in [1.29, 1.82) is 0 Å². The smallest absolute Gasteiger partial charge is 0.280 e. The van der Waals surface area contributed by atoms with Gasteiger partial charge in [-0.2, -0.15) is 0 Å². The van der Waals surface area contributed by atoms with Crippen molar-refractivity contribution in [3.63, 3.8) is 0 Å². The monoisotopic (exact) mass is 257 g/mol. The lowest BCUT2D eigenvalue weighted by atomic mass is 10.1. The molecule has 0 unspecified atom stereocenters. The molecule has 0 N–H and O–H groups in total. The third-order valence-corrected chi connectivity index (χ3v) is 2.34. The summed E-state index contributed by atoms with van der Waals surface area (Å²) in [6.07, 6.45) is 0.329. The molecule has 0 saturated carbocycles. The van der Waals surface area contributed by atoms with E-state index in [0.29, 0.717) is 6.29 Å². The number of methoxy groups -OCH3 is 1. The summed E-state index contributed by atoms with van der Waals surface area (Å²) in [5.41, 5.74) is -0.618. The zero-order chi connectivity index (χ0) is 13.0. The van der Waals surface area contributed by atoms with Gasteiger partial charge in [0.1, 0.15) is 5.75 Å². The van der Waals surface area contributed by atoms with Crippen molar-refractivity contribution in [2.75, 3.05) is 13.0 Å². The van der Waals surface area contributed by atoms with E-state index in [4.69, 9.17) is 16.3 Å². The first-order chi connectivity index (χ1) is 8.04. The molecule has 17 heavy (non-hydrogen) atoms. The predicted octanol–water partition coefficient (Wildman–Crippen LogP) is 1.84. The van der Waals surface area contributed by atoms with E-state index in [1.54, 1.807) is 0 Å². The van der Waals surface area contributed by atoms with E-state index in [1.807, 2.05) is 0 Å². The first-order valence-corrected chi connectivity index (χ1v) is 4.99. The fraction of sp³-hybridized carbons (Fsp3) is 0.200. The minimum Gasteiger partial charge on any atom is -0.496 e. The van der Waals surface area contributed by atoms with Crippen LogP contribution in [0.2, 0.25) is 0 Å². The van der Waals surface area contributed by atoms with Crippen LogP contribution in [-0.4, -0.2) is 30.0 Å². The number of nitrogens with zero attached hydrogens (tertiary/aromatic N) is 1. The highest BCUT2D eigenvalue weighted by atomic mass is 35.5. The molecule has 0 aliphatic heterocycles. The maximum Gasteiger partial charge on any atom is 0.280 e. The average Bonchev–Trinajstić information content (AvgIpc) is 2.35. The van der Waals surface area contributed by atoms with Gasteiger partial charge in [-0.3, -0.25) is 19.7 Å². The van der Waals surface area contributed by atoms with Crippen LogP contribution in [0, 0.1) is 10.1 Å². The average molecular weight is 258 g/mol. The molecule has 1 rings (SSSR count). The van der Waals surface area contributed by atoms with E-state index < -0.39 is 16.4 Å². The molecule has 0 aliphatic carbocycles. The van der Waals surface area contributed by atoms with Crippen LogP contribution < -0.4 is 4.74 Å². The second-order valence-electron chi connectivity index (χ2n) is 3.04. The fourth-order valence-corrected chi connectivity index (χ4v) is 1.44. The van der Waals surface area contributed by atoms with Crippen molar-refractivity contribution in [1.82, 2.24) is 0 Å². The number of carbonyl (C=O) groups excluding carboxylic acids is 2. The Morgan fingerprint density at radius 1 is 1.59 bits per heavy atom. The maximum atomic E-state index is 11.4. The van der Waals surface area contributed by atoms with Crippen LogP contribution in [0.4, 0.5) is 5.69 Å². The minimum absolute atomic E-state index is 0.0141. The molecule has 7 heteroatoms. The van der Waals surface area contributed by atoms with Crippen LogP contribution >= 0.6 is 11.6 Å². The molecule has 0 spiro atoms. The summed E-state index contributed by atoms with van der Waals surface area (Å²) in [7, 11) is 1.29. The van der Waals surface area contributed by atoms with E-state index in [0.717, 1.165) is 12.1 Å². The Bertz CT molecular complexity index is 486. The van der Waals surface area contributed by atoms with Gasteiger partial charge in [-0.1, -0.05) is 0 Å². The van der Waals surface area contributed by atoms with Crippen LogP contribution in [0.5, 0.6) is 5.75 Å². The summed E-state index contributed by atoms with van der Waals surface area (Å²) in [6, 6.07) is 2.14. The quantitative estimate of drug-likeness (QED) is 0.264. The predicted molar refractivity (Wildman–Crippen MR) is 60.1 cm³/mol. The number of halogens is 1. The molecule has 0 amide bonds. The van der Waals surface area contributed by atoms with Crippen molar-refractivity contribution in [3.8, 4) is 5.75 Å². The van der Waals surface area contributed by atoms with Gasteiger partial charge in [-0.15, -0.1) is 11.6 Å². The first kappa shape index (κ1) is 13.1. The number of ketones is 1. The van der Waals surface area contributed by atoms with E-state index in [2.05, 4.69) is 0 Å². The van der Waals surface area contributed by atoms with Crippen LogP contribution in [0.25, 0.3) is 0 Å². The topological polar surface area (TPSA) is 86.5 Å². The zero-order valence-corrected chi connectivity index (χ0v) is 9.56. The van der Waals surface area contributed by atoms with Crippen molar-refractivity contribution in [2.45, 2.75) is 0 Å². The van der Waals surface area contributed by atoms with Gasteiger partial charge < -0.3 is 4.74 Å². The number of hydrogen-bond donors (Lipinski definition) is 0. The number of nitro benzene ring substituents is 1. The van der Waals surface area contributed by atoms with Crippen molar-refractivity contribution >= 4 is 29.4 Å². The number of nitro groups is 1. The summed E-state index contributed by atoms with van der Waals surface area (Å²) in [6.45, 7) is 0. The number of aldehydes is 1. The van der Waals surface area contributed by atoms with Crippen LogP contribution in [0.15, 0.2) is 12.1 Å². The number of Topliss-reactive ketones (excluding diaryl/α,β-unsaturated/α-hetero) is 1. The molecule has 0 bridgehead atoms. The number of benzene rings is 1. The van der Waals surface area contributed by atoms with Gasteiger partial charge in [0.2, 0.25) is 0 Å². The second kappa shape index (κ2) is 5.40. The molecule has 1 aromatic rings. The number of carbonyl (C=O) groups is 2. The highest BCUT2D eigenvalue weighted by Crippen LogP contribution is 2.28. The van der Waals surface area contributed by atoms with Crippen molar-refractivity contribution in [3.05, 3.63) is 33.4 Å². The summed E-state index contributed by atoms with van der Waals surface area (Å²) in [4.78, 5) is 32.1. The molecule has 0 radical (unpaired) electrons. The van der Waals surface area contributed by atoms with E-state index in [9.17, 15) is 19.7 Å². The number of ether oxygens (including phenoxy) is 1. The largest absolute Gasteiger partial charge is 0.496 e. The van der Waals surface area contributed by atoms with Gasteiger partial charge in [0.05, 0.1) is 29.0 Å². The van der Waals surface area contributed by atoms with E-state index in [1.165, 1.54) is 7.11 Å². The lowest BCUT2D eigenvalue weighted by Gasteiger charge is -2.07. The van der Waals surface area contributed by atoms with Crippen LogP contribution in [0.1, 0.15) is 20.7 Å². The normalized spacial score (nSPS) is 9.76. The van der Waals surface area contributed by atoms with Gasteiger partial charge in [0.15, 0.2) is 12.1 Å². The van der Waals surface area contributed by atoms with E-state index >= 15 is 0 Å². The molecule has 90 valence electrons. The Hall–Kier alpha value is -1.95. The minimum atomic E-state index is -0.742. The molecular weight excluding hydrogens is 250 g/mol. The lowest BCUT2D eigenvalue weighted by molar-refractivity contribution is -0.385. The van der Waals surface area contributed by atoms with Crippen LogP contribution in [0.3, 0.4) is 0 Å². The van der Waals surface area contributed by atoms with Gasteiger partial charge in [0, 0.05) is 6.07 Å². The third-order valence-electron chi connectivity index (χ3n) is 2.09. The number of rotatable bonds is 5. The molecule has 0 aromatic heterocycles. The highest BCUT2D eigenvalue weighted by Gasteiger charge is 2.21. The first-order valence-electron chi connectivity index (χ1n) is 4.46. The maximum absolute atomic E-state index is 11.4. The molecule has 0 saturated heterocycles. The highest BCUT2D eigenvalue weighted by molar-refractivity contribution is 6.31. The Morgan fingerprint density at radius 2 is 2.24 bits per heavy atom. The Morgan fingerprint density at radius 3 is 2.65 bits per heavy atom. The summed E-state index contributed by atoms with van der Waals surface area (Å²) in [5.74, 6) is -0.749. The van der Waals surface area contributed by atoms with Gasteiger partial charge in [0.25, 0.3) is 5.69 Å². The summed E-state index contributed by atoms with van der Waals surface area (Å²) in [5, 5.41) is 10.7. The van der Waals surface area contributed by atoms with Gasteiger partial charge in [-0.05, 0) is 6.07 Å². The third kappa shape index (κ3) is 2.59. The number of hydrogen-bond acceptors (Lipinski definition) is 5. The number of alkyl halides is 1. The zero-order valence-electron chi connectivity index (χ0n) is 8.81. The molecule has 0 aliphatic rings. The SMILES string of the molecule is COc1cc(C=O)c([N+](=O)[O-])cc1C(=O)CCl. The van der Waals surface area contributed by atoms with Gasteiger partial charge in [-0.25, -0.2) is 0 Å². The fourth-order valence-electron chi connectivity index (χ4n) is 1.30. The molecule has 0 heterocycles. The van der Waals surface area contributed by atoms with Crippen molar-refractivity contribution < 1.29 is 19.2 Å². The van der Waals surface area contributed by atoms with Gasteiger partial charge >= 0.3 is 0 Å². The Kier molecular flexibility index (Phi) is 4.17. The standard InChI is InChI=1S/C10H8ClNO5/c1-17-10-2-6(5-13)8(12(15)16)3-7(10)9(14)4-11/h2-3,5H,4H2,1H3. The Balaban J connectivity index is 3.49. The molecule has 6 nitrogen and oxygen atoms in total. The van der Waals surface area contributed by atoms with Crippen LogP contribution in [-0.2, 0) is 0 Å². The lowest BCUT2D eigenvalue weighted by Crippen LogP contribution is -2.06. The summed E-state index contributed by atoms with van der Waals surface area (Å²) < 4.78 is 4.88. The Labute approximate surface area is 101 Å². The van der Waals surface area contributed by atoms with E-state index in [-0.39, 0.29) is 22.8 Å². The van der Waals surface area contributed by atoms with Crippen molar-refractivity contribution in [2.24, 2.45) is 0 Å². The molecule has 0 atom stereocenters. The molecular formula is C10H8ClNO5. The molecule has 0 fully saturated rings. The second-order valence-corrected chi connectivity index (χ2v) is 3.31. The molecule has 1 aromatic carbocycles.